The van der Waals surface area contributed by atoms with Gasteiger partial charge in [0.1, 0.15) is 12.4 Å². The molecule has 124 valence electrons. The van der Waals surface area contributed by atoms with Crippen LogP contribution in [0.25, 0.3) is 11.0 Å². The van der Waals surface area contributed by atoms with Crippen LogP contribution >= 0.6 is 0 Å². The lowest BCUT2D eigenvalue weighted by molar-refractivity contribution is -0.121. The number of hydrogen-bond donors (Lipinski definition) is 2. The van der Waals surface area contributed by atoms with Gasteiger partial charge < -0.3 is 15.0 Å². The Morgan fingerprint density at radius 2 is 2.04 bits per heavy atom. The topological polar surface area (TPSA) is 67.2 Å². The average molecular weight is 315 g/mol. The predicted octanol–water partition coefficient (Wildman–Crippen LogP) is 2.58. The maximum Gasteiger partial charge on any atom is 0.240 e. The summed E-state index contributed by atoms with van der Waals surface area (Å²) in [5, 5.41) is 11.7. The van der Waals surface area contributed by atoms with E-state index in [0.29, 0.717) is 25.4 Å². The number of nitrogens with zero attached hydrogens (tertiary/aromatic N) is 2. The first kappa shape index (κ1) is 16.0. The number of benzene rings is 1. The third kappa shape index (κ3) is 3.72. The second kappa shape index (κ2) is 7.59. The summed E-state index contributed by atoms with van der Waals surface area (Å²) in [5.41, 5.74) is 2.00. The van der Waals surface area contributed by atoms with Crippen LogP contribution in [0.4, 0.5) is 0 Å². The number of fused-ring (bicyclic) bond motifs is 1. The average Bonchev–Trinajstić information content (AvgIpc) is 2.95. The van der Waals surface area contributed by atoms with Gasteiger partial charge in [0.25, 0.3) is 0 Å². The summed E-state index contributed by atoms with van der Waals surface area (Å²) < 4.78 is 2.08. The molecule has 1 aliphatic rings. The number of para-hydroxylation sites is 2. The van der Waals surface area contributed by atoms with Gasteiger partial charge in [-0.2, -0.15) is 0 Å². The summed E-state index contributed by atoms with van der Waals surface area (Å²) in [7, 11) is 0. The van der Waals surface area contributed by atoms with E-state index in [0.717, 1.165) is 29.7 Å². The van der Waals surface area contributed by atoms with E-state index in [1.807, 2.05) is 24.3 Å². The zero-order valence-corrected chi connectivity index (χ0v) is 13.5. The molecule has 1 amide bonds. The molecule has 2 aromatic rings. The molecule has 3 rings (SSSR count). The third-order valence-electron chi connectivity index (χ3n) is 4.61. The molecule has 1 saturated carbocycles. The smallest absolute Gasteiger partial charge is 0.240 e. The highest BCUT2D eigenvalue weighted by Crippen LogP contribution is 2.33. The van der Waals surface area contributed by atoms with E-state index in [4.69, 9.17) is 10.1 Å². The van der Waals surface area contributed by atoms with Crippen LogP contribution in [-0.4, -0.2) is 33.7 Å². The van der Waals surface area contributed by atoms with E-state index in [1.165, 1.54) is 19.3 Å². The van der Waals surface area contributed by atoms with Crippen LogP contribution in [0.3, 0.4) is 0 Å². The first-order valence-electron chi connectivity index (χ1n) is 8.62. The Morgan fingerprint density at radius 3 is 2.83 bits per heavy atom. The molecule has 1 aromatic heterocycles. The van der Waals surface area contributed by atoms with Crippen molar-refractivity contribution in [3.8, 4) is 0 Å². The van der Waals surface area contributed by atoms with Crippen molar-refractivity contribution in [1.29, 1.82) is 0 Å². The van der Waals surface area contributed by atoms with Crippen molar-refractivity contribution in [2.75, 3.05) is 13.2 Å². The van der Waals surface area contributed by atoms with Crippen LogP contribution in [0.5, 0.6) is 0 Å². The highest BCUT2D eigenvalue weighted by Gasteiger charge is 2.23. The minimum atomic E-state index is -0.0151. The predicted molar refractivity (Wildman–Crippen MR) is 90.3 cm³/mol. The molecule has 0 bridgehead atoms. The van der Waals surface area contributed by atoms with Crippen molar-refractivity contribution < 1.29 is 9.90 Å². The summed E-state index contributed by atoms with van der Waals surface area (Å²) in [6.45, 7) is 0.917. The van der Waals surface area contributed by atoms with E-state index in [-0.39, 0.29) is 12.5 Å². The molecule has 5 nitrogen and oxygen atoms in total. The van der Waals surface area contributed by atoms with Gasteiger partial charge in [0.05, 0.1) is 11.0 Å². The Labute approximate surface area is 136 Å². The fourth-order valence-electron chi connectivity index (χ4n) is 3.44. The van der Waals surface area contributed by atoms with Gasteiger partial charge in [-0.25, -0.2) is 4.98 Å². The highest BCUT2D eigenvalue weighted by atomic mass is 16.3. The summed E-state index contributed by atoms with van der Waals surface area (Å²) in [5.74, 6) is 1.50. The lowest BCUT2D eigenvalue weighted by Gasteiger charge is -2.22. The number of aromatic nitrogens is 2. The Bertz CT molecular complexity index is 659. The first-order chi connectivity index (χ1) is 11.3. The van der Waals surface area contributed by atoms with Gasteiger partial charge >= 0.3 is 0 Å². The molecule has 1 heterocycles. The second-order valence-electron chi connectivity index (χ2n) is 6.31. The molecule has 5 heteroatoms. The first-order valence-corrected chi connectivity index (χ1v) is 8.62. The molecule has 2 N–H and O–H groups in total. The standard InChI is InChI=1S/C18H25N3O2/c22-12-6-11-19-17(23)13-21-16-10-5-4-9-15(16)20-18(21)14-7-2-1-3-8-14/h4-5,9-10,14,22H,1-3,6-8,11-13H2,(H,19,23). The molecule has 0 saturated heterocycles. The van der Waals surface area contributed by atoms with E-state index in [2.05, 4.69) is 9.88 Å². The van der Waals surface area contributed by atoms with Crippen LogP contribution in [-0.2, 0) is 11.3 Å². The van der Waals surface area contributed by atoms with E-state index in [9.17, 15) is 4.79 Å². The number of carbonyl (C=O) groups excluding carboxylic acids is 1. The van der Waals surface area contributed by atoms with Crippen LogP contribution in [0.2, 0.25) is 0 Å². The monoisotopic (exact) mass is 315 g/mol. The van der Waals surface area contributed by atoms with Gasteiger partial charge in [0.15, 0.2) is 0 Å². The third-order valence-corrected chi connectivity index (χ3v) is 4.61. The molecule has 0 spiro atoms. The SMILES string of the molecule is O=C(Cn1c(C2CCCCC2)nc2ccccc21)NCCCO. The number of nitrogens with one attached hydrogen (secondary N) is 1. The Morgan fingerprint density at radius 1 is 1.26 bits per heavy atom. The minimum Gasteiger partial charge on any atom is -0.396 e. The van der Waals surface area contributed by atoms with Gasteiger partial charge in [0, 0.05) is 19.1 Å². The zero-order valence-electron chi connectivity index (χ0n) is 13.5. The van der Waals surface area contributed by atoms with Crippen molar-refractivity contribution in [3.63, 3.8) is 0 Å². The van der Waals surface area contributed by atoms with Crippen molar-refractivity contribution in [3.05, 3.63) is 30.1 Å². The molecule has 0 atom stereocenters. The fraction of sp³-hybridized carbons (Fsp3) is 0.556. The van der Waals surface area contributed by atoms with Crippen molar-refractivity contribution >= 4 is 16.9 Å². The lowest BCUT2D eigenvalue weighted by Crippen LogP contribution is -2.29. The number of aliphatic hydroxyl groups excluding tert-OH is 1. The van der Waals surface area contributed by atoms with Crippen molar-refractivity contribution in [2.24, 2.45) is 0 Å². The molecule has 0 aliphatic heterocycles. The molecule has 1 aliphatic carbocycles. The number of hydrogen-bond acceptors (Lipinski definition) is 3. The van der Waals surface area contributed by atoms with Gasteiger partial charge in [-0.15, -0.1) is 0 Å². The fourth-order valence-corrected chi connectivity index (χ4v) is 3.44. The summed E-state index contributed by atoms with van der Waals surface area (Å²) in [4.78, 5) is 17.1. The summed E-state index contributed by atoms with van der Waals surface area (Å²) in [6, 6.07) is 8.04. The second-order valence-corrected chi connectivity index (χ2v) is 6.31. The molecule has 23 heavy (non-hydrogen) atoms. The van der Waals surface area contributed by atoms with Gasteiger partial charge in [-0.1, -0.05) is 31.4 Å². The van der Waals surface area contributed by atoms with Gasteiger partial charge in [-0.3, -0.25) is 4.79 Å². The van der Waals surface area contributed by atoms with E-state index in [1.54, 1.807) is 0 Å². The van der Waals surface area contributed by atoms with Gasteiger partial charge in [0.2, 0.25) is 5.91 Å². The van der Waals surface area contributed by atoms with Crippen molar-refractivity contribution in [2.45, 2.75) is 51.0 Å². The Balaban J connectivity index is 1.85. The largest absolute Gasteiger partial charge is 0.396 e. The van der Waals surface area contributed by atoms with Crippen LogP contribution in [0, 0.1) is 0 Å². The minimum absolute atomic E-state index is 0.0151. The van der Waals surface area contributed by atoms with Crippen LogP contribution in [0.1, 0.15) is 50.3 Å². The molecule has 1 fully saturated rings. The lowest BCUT2D eigenvalue weighted by atomic mass is 9.88. The van der Waals surface area contributed by atoms with Gasteiger partial charge in [-0.05, 0) is 31.4 Å². The highest BCUT2D eigenvalue weighted by molar-refractivity contribution is 5.81. The van der Waals surface area contributed by atoms with Crippen LogP contribution in [0.15, 0.2) is 24.3 Å². The molecular weight excluding hydrogens is 290 g/mol. The number of aliphatic hydroxyl groups is 1. The zero-order chi connectivity index (χ0) is 16.1. The van der Waals surface area contributed by atoms with Crippen molar-refractivity contribution in [1.82, 2.24) is 14.9 Å². The Hall–Kier alpha value is -1.88. The number of rotatable bonds is 6. The van der Waals surface area contributed by atoms with E-state index >= 15 is 0 Å². The maximum absolute atomic E-state index is 12.2. The Kier molecular flexibility index (Phi) is 5.28. The summed E-state index contributed by atoms with van der Waals surface area (Å²) >= 11 is 0. The maximum atomic E-state index is 12.2. The number of amides is 1. The quantitative estimate of drug-likeness (QED) is 0.805. The summed E-state index contributed by atoms with van der Waals surface area (Å²) in [6.07, 6.45) is 6.71. The molecule has 1 aromatic carbocycles. The van der Waals surface area contributed by atoms with Crippen LogP contribution < -0.4 is 5.32 Å². The molecule has 0 radical (unpaired) electrons. The number of imidazole rings is 1. The normalized spacial score (nSPS) is 15.9. The molecular formula is C18H25N3O2. The number of carbonyl (C=O) groups is 1. The van der Waals surface area contributed by atoms with E-state index < -0.39 is 0 Å². The molecule has 0 unspecified atom stereocenters.